The van der Waals surface area contributed by atoms with E-state index >= 15 is 0 Å². The summed E-state index contributed by atoms with van der Waals surface area (Å²) >= 11 is 1.58. The minimum atomic E-state index is -0.759. The molecular weight excluding hydrogens is 224 g/mol. The van der Waals surface area contributed by atoms with Gasteiger partial charge in [0, 0.05) is 12.1 Å². The summed E-state index contributed by atoms with van der Waals surface area (Å²) in [4.78, 5) is 14.8. The highest BCUT2D eigenvalue weighted by atomic mass is 32.1. The fourth-order valence-corrected chi connectivity index (χ4v) is 2.54. The molecule has 5 heteroatoms. The lowest BCUT2D eigenvalue weighted by molar-refractivity contribution is -0.137. The second-order valence-electron chi connectivity index (χ2n) is 3.58. The third kappa shape index (κ3) is 2.49. The molecule has 0 fully saturated rings. The molecule has 0 aliphatic carbocycles. The van der Waals surface area contributed by atoms with E-state index in [1.807, 2.05) is 18.2 Å². The third-order valence-electron chi connectivity index (χ3n) is 2.24. The van der Waals surface area contributed by atoms with E-state index in [0.717, 1.165) is 20.9 Å². The van der Waals surface area contributed by atoms with Crippen molar-refractivity contribution >= 4 is 33.2 Å². The number of nitrogens with zero attached hydrogens (tertiary/aromatic N) is 1. The topological polar surface area (TPSA) is 76.2 Å². The van der Waals surface area contributed by atoms with Crippen molar-refractivity contribution in [3.8, 4) is 0 Å². The second-order valence-corrected chi connectivity index (χ2v) is 4.70. The van der Waals surface area contributed by atoms with Crippen molar-refractivity contribution in [1.29, 1.82) is 0 Å². The van der Waals surface area contributed by atoms with Gasteiger partial charge in [0.25, 0.3) is 0 Å². The molecule has 0 radical (unpaired) electrons. The Balaban J connectivity index is 2.10. The molecule has 16 heavy (non-hydrogen) atoms. The highest BCUT2D eigenvalue weighted by molar-refractivity contribution is 7.18. The van der Waals surface area contributed by atoms with Crippen molar-refractivity contribution in [3.63, 3.8) is 0 Å². The molecule has 3 N–H and O–H groups in total. The Morgan fingerprint density at radius 2 is 2.31 bits per heavy atom. The van der Waals surface area contributed by atoms with Crippen LogP contribution in [0.15, 0.2) is 18.2 Å². The van der Waals surface area contributed by atoms with Crippen LogP contribution < -0.4 is 5.73 Å². The zero-order chi connectivity index (χ0) is 11.5. The number of fused-ring (bicyclic) bond motifs is 1. The van der Waals surface area contributed by atoms with Gasteiger partial charge in [-0.25, -0.2) is 4.98 Å². The third-order valence-corrected chi connectivity index (χ3v) is 3.32. The average molecular weight is 236 g/mol. The molecule has 0 atom stereocenters. The molecule has 0 aliphatic rings. The lowest BCUT2D eigenvalue weighted by Gasteiger charge is -1.91. The Kier molecular flexibility index (Phi) is 3.05. The van der Waals surface area contributed by atoms with Gasteiger partial charge < -0.3 is 10.8 Å². The van der Waals surface area contributed by atoms with E-state index in [4.69, 9.17) is 10.8 Å². The Morgan fingerprint density at radius 1 is 1.50 bits per heavy atom. The molecule has 0 saturated carbocycles. The number of anilines is 1. The SMILES string of the molecule is Nc1ccc2nc(CCCC(=O)O)sc2c1. The number of rotatable bonds is 4. The number of aryl methyl sites for hydroxylation is 1. The van der Waals surface area contributed by atoms with Gasteiger partial charge in [0.05, 0.1) is 15.2 Å². The molecule has 1 aromatic heterocycles. The molecule has 1 heterocycles. The second kappa shape index (κ2) is 4.49. The van der Waals surface area contributed by atoms with Crippen molar-refractivity contribution in [1.82, 2.24) is 4.98 Å². The van der Waals surface area contributed by atoms with Gasteiger partial charge in [0.1, 0.15) is 0 Å². The highest BCUT2D eigenvalue weighted by Gasteiger charge is 2.05. The van der Waals surface area contributed by atoms with E-state index in [2.05, 4.69) is 4.98 Å². The molecule has 0 spiro atoms. The number of nitrogen functional groups attached to an aromatic ring is 1. The first kappa shape index (κ1) is 10.9. The summed E-state index contributed by atoms with van der Waals surface area (Å²) < 4.78 is 1.06. The van der Waals surface area contributed by atoms with E-state index in [1.165, 1.54) is 0 Å². The van der Waals surface area contributed by atoms with Gasteiger partial charge in [-0.3, -0.25) is 4.79 Å². The Labute approximate surface area is 96.7 Å². The molecule has 84 valence electrons. The molecule has 0 bridgehead atoms. The largest absolute Gasteiger partial charge is 0.481 e. The summed E-state index contributed by atoms with van der Waals surface area (Å²) in [5.41, 5.74) is 7.34. The van der Waals surface area contributed by atoms with Crippen molar-refractivity contribution in [2.75, 3.05) is 5.73 Å². The van der Waals surface area contributed by atoms with Crippen LogP contribution >= 0.6 is 11.3 Å². The zero-order valence-electron chi connectivity index (χ0n) is 8.64. The van der Waals surface area contributed by atoms with Crippen molar-refractivity contribution in [3.05, 3.63) is 23.2 Å². The Bertz CT molecular complexity index is 522. The van der Waals surface area contributed by atoms with Crippen LogP contribution in [0.3, 0.4) is 0 Å². The average Bonchev–Trinajstić information content (AvgIpc) is 2.58. The molecule has 4 nitrogen and oxygen atoms in total. The maximum Gasteiger partial charge on any atom is 0.303 e. The molecule has 0 aliphatic heterocycles. The Morgan fingerprint density at radius 3 is 3.06 bits per heavy atom. The normalized spacial score (nSPS) is 10.8. The molecule has 2 aromatic rings. The maximum absolute atomic E-state index is 10.4. The van der Waals surface area contributed by atoms with Gasteiger partial charge in [-0.2, -0.15) is 0 Å². The smallest absolute Gasteiger partial charge is 0.303 e. The van der Waals surface area contributed by atoms with Crippen LogP contribution in [0.4, 0.5) is 5.69 Å². The molecular formula is C11H12N2O2S. The monoisotopic (exact) mass is 236 g/mol. The molecule has 0 unspecified atom stereocenters. The van der Waals surface area contributed by atoms with Crippen LogP contribution in [-0.4, -0.2) is 16.1 Å². The van der Waals surface area contributed by atoms with Gasteiger partial charge in [-0.15, -0.1) is 11.3 Å². The van der Waals surface area contributed by atoms with E-state index < -0.39 is 5.97 Å². The van der Waals surface area contributed by atoms with Crippen LogP contribution in [0.5, 0.6) is 0 Å². The molecule has 0 amide bonds. The highest BCUT2D eigenvalue weighted by Crippen LogP contribution is 2.25. The minimum absolute atomic E-state index is 0.193. The Hall–Kier alpha value is -1.62. The first-order chi connectivity index (χ1) is 7.65. The van der Waals surface area contributed by atoms with E-state index in [-0.39, 0.29) is 6.42 Å². The number of carboxylic acid groups (broad SMARTS) is 1. The van der Waals surface area contributed by atoms with Gasteiger partial charge >= 0.3 is 5.97 Å². The summed E-state index contributed by atoms with van der Waals surface area (Å²) in [6, 6.07) is 5.61. The predicted octanol–water partition coefficient (Wildman–Crippen LogP) is 2.29. The van der Waals surface area contributed by atoms with Crippen LogP contribution in [-0.2, 0) is 11.2 Å². The first-order valence-corrected chi connectivity index (χ1v) is 5.83. The van der Waals surface area contributed by atoms with Crippen LogP contribution in [0, 0.1) is 0 Å². The number of aliphatic carboxylic acids is 1. The fourth-order valence-electron chi connectivity index (χ4n) is 1.49. The molecule has 2 rings (SSSR count). The van der Waals surface area contributed by atoms with E-state index in [0.29, 0.717) is 12.8 Å². The molecule has 0 saturated heterocycles. The van der Waals surface area contributed by atoms with E-state index in [9.17, 15) is 4.79 Å². The van der Waals surface area contributed by atoms with Gasteiger partial charge in [-0.1, -0.05) is 0 Å². The number of thiazole rings is 1. The standard InChI is InChI=1S/C11H12N2O2S/c12-7-4-5-8-9(6-7)16-10(13-8)2-1-3-11(14)15/h4-6H,1-3,12H2,(H,14,15). The number of benzene rings is 1. The lowest BCUT2D eigenvalue weighted by atomic mass is 10.2. The van der Waals surface area contributed by atoms with Crippen LogP contribution in [0.1, 0.15) is 17.8 Å². The number of nitrogens with two attached hydrogens (primary N) is 1. The summed E-state index contributed by atoms with van der Waals surface area (Å²) in [7, 11) is 0. The number of carboxylic acids is 1. The first-order valence-electron chi connectivity index (χ1n) is 5.02. The number of aromatic nitrogens is 1. The van der Waals surface area contributed by atoms with Gasteiger partial charge in [0.2, 0.25) is 0 Å². The van der Waals surface area contributed by atoms with Crippen molar-refractivity contribution < 1.29 is 9.90 Å². The lowest BCUT2D eigenvalue weighted by Crippen LogP contribution is -1.95. The van der Waals surface area contributed by atoms with Gasteiger partial charge in [0.15, 0.2) is 0 Å². The number of hydrogen-bond acceptors (Lipinski definition) is 4. The quantitative estimate of drug-likeness (QED) is 0.798. The van der Waals surface area contributed by atoms with Crippen molar-refractivity contribution in [2.24, 2.45) is 0 Å². The van der Waals surface area contributed by atoms with Crippen LogP contribution in [0.25, 0.3) is 10.2 Å². The summed E-state index contributed by atoms with van der Waals surface area (Å²) in [6.45, 7) is 0. The van der Waals surface area contributed by atoms with Crippen LogP contribution in [0.2, 0.25) is 0 Å². The molecule has 1 aromatic carbocycles. The fraction of sp³-hybridized carbons (Fsp3) is 0.273. The number of carbonyl (C=O) groups is 1. The number of hydrogen-bond donors (Lipinski definition) is 2. The maximum atomic E-state index is 10.4. The summed E-state index contributed by atoms with van der Waals surface area (Å²) in [5, 5.41) is 9.51. The van der Waals surface area contributed by atoms with Crippen molar-refractivity contribution in [2.45, 2.75) is 19.3 Å². The summed E-state index contributed by atoms with van der Waals surface area (Å²) in [5.74, 6) is -0.759. The summed E-state index contributed by atoms with van der Waals surface area (Å²) in [6.07, 6.45) is 1.54. The predicted molar refractivity (Wildman–Crippen MR) is 64.6 cm³/mol. The van der Waals surface area contributed by atoms with E-state index in [1.54, 1.807) is 11.3 Å². The van der Waals surface area contributed by atoms with Gasteiger partial charge in [-0.05, 0) is 31.0 Å². The minimum Gasteiger partial charge on any atom is -0.481 e. The zero-order valence-corrected chi connectivity index (χ0v) is 9.46.